The van der Waals surface area contributed by atoms with Gasteiger partial charge in [-0.1, -0.05) is 79.3 Å². The van der Waals surface area contributed by atoms with Crippen LogP contribution in [0.5, 0.6) is 0 Å². The Bertz CT molecular complexity index is 1130. The standard InChI is InChI=1S/C22H14Br2Cl2N2/c1-13-21(14-2-6-16(23)7-3-14)27-28(20-11-18(25)10-19(26)12-20)22(13)15-4-8-17(24)9-5-15/h2-12H,1H3. The van der Waals surface area contributed by atoms with Crippen LogP contribution in [-0.4, -0.2) is 9.78 Å². The van der Waals surface area contributed by atoms with Gasteiger partial charge in [0.25, 0.3) is 0 Å². The first-order valence-corrected chi connectivity index (χ1v) is 10.8. The zero-order valence-electron chi connectivity index (χ0n) is 14.8. The first kappa shape index (κ1) is 19.7. The maximum Gasteiger partial charge on any atom is 0.0963 e. The molecule has 2 nitrogen and oxygen atoms in total. The Hall–Kier alpha value is -1.59. The van der Waals surface area contributed by atoms with Crippen LogP contribution in [0, 0.1) is 6.92 Å². The molecule has 0 unspecified atom stereocenters. The van der Waals surface area contributed by atoms with Crippen molar-refractivity contribution in [3.8, 4) is 28.2 Å². The van der Waals surface area contributed by atoms with E-state index in [1.165, 1.54) is 0 Å². The zero-order valence-corrected chi connectivity index (χ0v) is 19.4. The molecule has 1 aromatic heterocycles. The van der Waals surface area contributed by atoms with Crippen molar-refractivity contribution in [3.63, 3.8) is 0 Å². The molecule has 0 saturated carbocycles. The molecule has 0 aliphatic heterocycles. The predicted octanol–water partition coefficient (Wildman–Crippen LogP) is 8.35. The normalized spacial score (nSPS) is 11.0. The van der Waals surface area contributed by atoms with Crippen molar-refractivity contribution in [2.75, 3.05) is 0 Å². The highest BCUT2D eigenvalue weighted by Crippen LogP contribution is 2.35. The first-order valence-electron chi connectivity index (χ1n) is 8.50. The van der Waals surface area contributed by atoms with Crippen molar-refractivity contribution >= 4 is 55.1 Å². The van der Waals surface area contributed by atoms with Gasteiger partial charge in [0.05, 0.1) is 17.1 Å². The van der Waals surface area contributed by atoms with Crippen LogP contribution in [0.3, 0.4) is 0 Å². The van der Waals surface area contributed by atoms with Gasteiger partial charge in [0.2, 0.25) is 0 Å². The van der Waals surface area contributed by atoms with Crippen LogP contribution in [0.1, 0.15) is 5.56 Å². The summed E-state index contributed by atoms with van der Waals surface area (Å²) in [6.45, 7) is 2.09. The molecule has 0 aliphatic carbocycles. The number of aromatic nitrogens is 2. The minimum Gasteiger partial charge on any atom is -0.232 e. The summed E-state index contributed by atoms with van der Waals surface area (Å²) in [5.41, 5.74) is 5.94. The number of rotatable bonds is 3. The Morgan fingerprint density at radius 2 is 1.25 bits per heavy atom. The summed E-state index contributed by atoms with van der Waals surface area (Å²) in [7, 11) is 0. The molecular weight excluding hydrogens is 523 g/mol. The number of nitrogens with zero attached hydrogens (tertiary/aromatic N) is 2. The lowest BCUT2D eigenvalue weighted by Crippen LogP contribution is -2.00. The number of hydrogen-bond acceptors (Lipinski definition) is 1. The van der Waals surface area contributed by atoms with E-state index in [9.17, 15) is 0 Å². The Morgan fingerprint density at radius 1 is 0.750 bits per heavy atom. The average molecular weight is 537 g/mol. The van der Waals surface area contributed by atoms with Crippen LogP contribution < -0.4 is 0 Å². The van der Waals surface area contributed by atoms with Gasteiger partial charge in [0.15, 0.2) is 0 Å². The lowest BCUT2D eigenvalue weighted by molar-refractivity contribution is 0.891. The Morgan fingerprint density at radius 3 is 1.79 bits per heavy atom. The minimum atomic E-state index is 0.572. The van der Waals surface area contributed by atoms with E-state index in [4.69, 9.17) is 28.3 Å². The quantitative estimate of drug-likeness (QED) is 0.257. The fourth-order valence-corrected chi connectivity index (χ4v) is 4.22. The average Bonchev–Trinajstić information content (AvgIpc) is 3.00. The van der Waals surface area contributed by atoms with Crippen molar-refractivity contribution in [2.45, 2.75) is 6.92 Å². The van der Waals surface area contributed by atoms with Crippen molar-refractivity contribution < 1.29 is 0 Å². The molecule has 0 bridgehead atoms. The summed E-state index contributed by atoms with van der Waals surface area (Å²) >= 11 is 19.5. The van der Waals surface area contributed by atoms with Gasteiger partial charge in [-0.05, 0) is 49.4 Å². The predicted molar refractivity (Wildman–Crippen MR) is 125 cm³/mol. The van der Waals surface area contributed by atoms with E-state index in [0.717, 1.165) is 42.7 Å². The molecule has 0 spiro atoms. The molecule has 140 valence electrons. The molecule has 0 saturated heterocycles. The monoisotopic (exact) mass is 534 g/mol. The van der Waals surface area contributed by atoms with Crippen LogP contribution in [0.15, 0.2) is 75.7 Å². The minimum absolute atomic E-state index is 0.572. The second-order valence-electron chi connectivity index (χ2n) is 6.38. The Kier molecular flexibility index (Phi) is 5.66. The molecular formula is C22H14Br2Cl2N2. The van der Waals surface area contributed by atoms with E-state index in [0.29, 0.717) is 10.0 Å². The molecule has 4 rings (SSSR count). The molecule has 3 aromatic carbocycles. The fraction of sp³-hybridized carbons (Fsp3) is 0.0455. The lowest BCUT2D eigenvalue weighted by atomic mass is 10.0. The summed E-state index contributed by atoms with van der Waals surface area (Å²) in [6.07, 6.45) is 0. The highest BCUT2D eigenvalue weighted by molar-refractivity contribution is 9.10. The summed E-state index contributed by atoms with van der Waals surface area (Å²) in [4.78, 5) is 0. The molecule has 0 amide bonds. The third-order valence-electron chi connectivity index (χ3n) is 4.45. The topological polar surface area (TPSA) is 17.8 Å². The highest BCUT2D eigenvalue weighted by atomic mass is 79.9. The van der Waals surface area contributed by atoms with E-state index >= 15 is 0 Å². The van der Waals surface area contributed by atoms with E-state index in [-0.39, 0.29) is 0 Å². The van der Waals surface area contributed by atoms with E-state index in [1.807, 2.05) is 41.1 Å². The maximum atomic E-state index is 6.26. The molecule has 0 atom stereocenters. The molecule has 28 heavy (non-hydrogen) atoms. The van der Waals surface area contributed by atoms with Crippen molar-refractivity contribution in [1.82, 2.24) is 9.78 Å². The van der Waals surface area contributed by atoms with Gasteiger partial charge in [-0.15, -0.1) is 0 Å². The molecule has 1 heterocycles. The van der Waals surface area contributed by atoms with Crippen molar-refractivity contribution in [1.29, 1.82) is 0 Å². The SMILES string of the molecule is Cc1c(-c2ccc(Br)cc2)nn(-c2cc(Cl)cc(Cl)c2)c1-c1ccc(Br)cc1. The number of hydrogen-bond donors (Lipinski definition) is 0. The molecule has 6 heteroatoms. The van der Waals surface area contributed by atoms with Crippen LogP contribution in [0.25, 0.3) is 28.2 Å². The van der Waals surface area contributed by atoms with Gasteiger partial charge in [-0.2, -0.15) is 5.10 Å². The van der Waals surface area contributed by atoms with Gasteiger partial charge in [0, 0.05) is 35.7 Å². The Balaban J connectivity index is 1.98. The van der Waals surface area contributed by atoms with Crippen LogP contribution in [0.2, 0.25) is 10.0 Å². The van der Waals surface area contributed by atoms with Gasteiger partial charge < -0.3 is 0 Å². The lowest BCUT2D eigenvalue weighted by Gasteiger charge is -2.10. The van der Waals surface area contributed by atoms with E-state index < -0.39 is 0 Å². The summed E-state index contributed by atoms with van der Waals surface area (Å²) in [6, 6.07) is 21.8. The maximum absolute atomic E-state index is 6.26. The molecule has 0 N–H and O–H groups in total. The first-order chi connectivity index (χ1) is 13.4. The summed E-state index contributed by atoms with van der Waals surface area (Å²) < 4.78 is 3.97. The van der Waals surface area contributed by atoms with Gasteiger partial charge >= 0.3 is 0 Å². The summed E-state index contributed by atoms with van der Waals surface area (Å²) in [5, 5.41) is 6.08. The molecule has 0 radical (unpaired) electrons. The van der Waals surface area contributed by atoms with E-state index in [2.05, 4.69) is 63.0 Å². The molecule has 4 aromatic rings. The Labute approximate surface area is 190 Å². The van der Waals surface area contributed by atoms with Gasteiger partial charge in [0.1, 0.15) is 0 Å². The fourth-order valence-electron chi connectivity index (χ4n) is 3.17. The third-order valence-corrected chi connectivity index (χ3v) is 5.94. The molecule has 0 fully saturated rings. The number of benzene rings is 3. The van der Waals surface area contributed by atoms with Crippen molar-refractivity contribution in [3.05, 3.63) is 91.3 Å². The zero-order chi connectivity index (χ0) is 19.8. The largest absolute Gasteiger partial charge is 0.232 e. The molecule has 0 aliphatic rings. The van der Waals surface area contributed by atoms with Crippen LogP contribution in [-0.2, 0) is 0 Å². The summed E-state index contributed by atoms with van der Waals surface area (Å²) in [5.74, 6) is 0. The van der Waals surface area contributed by atoms with Crippen LogP contribution >= 0.6 is 55.1 Å². The number of halogens is 4. The highest BCUT2D eigenvalue weighted by Gasteiger charge is 2.19. The van der Waals surface area contributed by atoms with Crippen molar-refractivity contribution in [2.24, 2.45) is 0 Å². The van der Waals surface area contributed by atoms with Gasteiger partial charge in [-0.3, -0.25) is 0 Å². The van der Waals surface area contributed by atoms with Crippen LogP contribution in [0.4, 0.5) is 0 Å². The third kappa shape index (κ3) is 3.92. The smallest absolute Gasteiger partial charge is 0.0963 e. The van der Waals surface area contributed by atoms with Gasteiger partial charge in [-0.25, -0.2) is 4.68 Å². The second kappa shape index (κ2) is 8.03. The van der Waals surface area contributed by atoms with E-state index in [1.54, 1.807) is 6.07 Å². The second-order valence-corrected chi connectivity index (χ2v) is 9.08.